The highest BCUT2D eigenvalue weighted by Crippen LogP contribution is 2.15. The Balaban J connectivity index is 3.73. The van der Waals surface area contributed by atoms with Crippen LogP contribution in [0.2, 0.25) is 0 Å². The normalized spacial score (nSPS) is 11.5. The maximum absolute atomic E-state index is 12.2. The minimum atomic E-state index is -0.0903. The summed E-state index contributed by atoms with van der Waals surface area (Å²) in [5.41, 5.74) is 0. The van der Waals surface area contributed by atoms with Gasteiger partial charge in [-0.2, -0.15) is 0 Å². The molecule has 0 amide bonds. The van der Waals surface area contributed by atoms with Gasteiger partial charge < -0.3 is 14.0 Å². The van der Waals surface area contributed by atoms with Crippen molar-refractivity contribution >= 4 is 11.9 Å². The standard InChI is InChI=1S/C40H78NO4/c1-5-8-10-12-14-16-18-20-22-24-26-28-30-32-39(42)44-37-35-41(4,34-7-3)36-38-45-40(43)33-31-29-27-25-23-21-19-17-15-13-11-9-6-2/h7H,3,5-6,8-38H2,1-2,4H3/q+1. The number of unbranched alkanes of at least 4 members (excludes halogenated alkanes) is 24. The highest BCUT2D eigenvalue weighted by atomic mass is 16.5. The Bertz CT molecular complexity index is 617. The number of likely N-dealkylation sites (N-methyl/N-ethyl adjacent to an activating group) is 1. The summed E-state index contributed by atoms with van der Waals surface area (Å²) in [6.07, 6.45) is 36.8. The smallest absolute Gasteiger partial charge is 0.305 e. The van der Waals surface area contributed by atoms with E-state index in [2.05, 4.69) is 27.5 Å². The first-order valence-electron chi connectivity index (χ1n) is 19.7. The third-order valence-corrected chi connectivity index (χ3v) is 9.33. The Hall–Kier alpha value is -1.36. The molecular formula is C40H78NO4+. The molecule has 0 bridgehead atoms. The van der Waals surface area contributed by atoms with E-state index in [0.29, 0.717) is 43.6 Å². The van der Waals surface area contributed by atoms with Crippen molar-refractivity contribution in [2.24, 2.45) is 0 Å². The zero-order valence-corrected chi connectivity index (χ0v) is 30.7. The molecule has 0 saturated heterocycles. The van der Waals surface area contributed by atoms with Crippen molar-refractivity contribution in [3.63, 3.8) is 0 Å². The molecule has 5 heteroatoms. The van der Waals surface area contributed by atoms with Gasteiger partial charge >= 0.3 is 11.9 Å². The van der Waals surface area contributed by atoms with Crippen molar-refractivity contribution in [3.05, 3.63) is 12.7 Å². The van der Waals surface area contributed by atoms with Gasteiger partial charge in [0.15, 0.2) is 0 Å². The van der Waals surface area contributed by atoms with Gasteiger partial charge in [-0.25, -0.2) is 0 Å². The summed E-state index contributed by atoms with van der Waals surface area (Å²) in [4.78, 5) is 24.5. The fraction of sp³-hybridized carbons (Fsp3) is 0.900. The first-order chi connectivity index (χ1) is 22.0. The van der Waals surface area contributed by atoms with Crippen LogP contribution in [0.4, 0.5) is 0 Å². The number of quaternary nitrogens is 1. The largest absolute Gasteiger partial charge is 0.460 e. The van der Waals surface area contributed by atoms with Crippen molar-refractivity contribution in [2.45, 2.75) is 194 Å². The van der Waals surface area contributed by atoms with Gasteiger partial charge in [-0.1, -0.05) is 175 Å². The van der Waals surface area contributed by atoms with E-state index in [0.717, 1.165) is 32.2 Å². The van der Waals surface area contributed by atoms with Crippen LogP contribution >= 0.6 is 0 Å². The van der Waals surface area contributed by atoms with Gasteiger partial charge in [0, 0.05) is 12.8 Å². The summed E-state index contributed by atoms with van der Waals surface area (Å²) in [6.45, 7) is 11.4. The zero-order chi connectivity index (χ0) is 33.1. The molecule has 0 atom stereocenters. The van der Waals surface area contributed by atoms with Gasteiger partial charge in [-0.15, -0.1) is 0 Å². The van der Waals surface area contributed by atoms with Crippen LogP contribution in [-0.4, -0.2) is 56.3 Å². The quantitative estimate of drug-likeness (QED) is 0.0297. The number of carbonyl (C=O) groups excluding carboxylic acids is 2. The number of carbonyl (C=O) groups is 2. The molecule has 5 nitrogen and oxygen atoms in total. The summed E-state index contributed by atoms with van der Waals surface area (Å²) in [5, 5.41) is 0. The summed E-state index contributed by atoms with van der Waals surface area (Å²) in [5.74, 6) is -0.181. The van der Waals surface area contributed by atoms with E-state index >= 15 is 0 Å². The van der Waals surface area contributed by atoms with Crippen LogP contribution in [-0.2, 0) is 19.1 Å². The first-order valence-corrected chi connectivity index (χ1v) is 19.7. The van der Waals surface area contributed by atoms with Gasteiger partial charge in [-0.05, 0) is 18.9 Å². The maximum Gasteiger partial charge on any atom is 0.305 e. The highest BCUT2D eigenvalue weighted by molar-refractivity contribution is 5.69. The third kappa shape index (κ3) is 32.4. The second kappa shape index (κ2) is 34.0. The van der Waals surface area contributed by atoms with E-state index in [4.69, 9.17) is 9.47 Å². The molecular weight excluding hydrogens is 558 g/mol. The van der Waals surface area contributed by atoms with Crippen molar-refractivity contribution < 1.29 is 23.5 Å². The average Bonchev–Trinajstić information content (AvgIpc) is 3.02. The number of hydrogen-bond donors (Lipinski definition) is 0. The van der Waals surface area contributed by atoms with Gasteiger partial charge in [0.05, 0.1) is 13.6 Å². The van der Waals surface area contributed by atoms with E-state index in [1.165, 1.54) is 141 Å². The van der Waals surface area contributed by atoms with Crippen LogP contribution in [0.25, 0.3) is 0 Å². The maximum atomic E-state index is 12.2. The van der Waals surface area contributed by atoms with Crippen LogP contribution in [0, 0.1) is 0 Å². The topological polar surface area (TPSA) is 52.6 Å². The predicted molar refractivity (Wildman–Crippen MR) is 194 cm³/mol. The molecule has 0 heterocycles. The molecule has 0 aromatic heterocycles. The molecule has 0 fully saturated rings. The summed E-state index contributed by atoms with van der Waals surface area (Å²) >= 11 is 0. The van der Waals surface area contributed by atoms with E-state index in [-0.39, 0.29) is 11.9 Å². The monoisotopic (exact) mass is 637 g/mol. The third-order valence-electron chi connectivity index (χ3n) is 9.33. The molecule has 45 heavy (non-hydrogen) atoms. The second-order valence-electron chi connectivity index (χ2n) is 14.0. The lowest BCUT2D eigenvalue weighted by molar-refractivity contribution is -0.904. The Kier molecular flexibility index (Phi) is 33.0. The summed E-state index contributed by atoms with van der Waals surface area (Å²) < 4.78 is 11.8. The average molecular weight is 637 g/mol. The van der Waals surface area contributed by atoms with Gasteiger partial charge in [0.2, 0.25) is 0 Å². The summed E-state index contributed by atoms with van der Waals surface area (Å²) in [6, 6.07) is 0. The number of nitrogens with zero attached hydrogens (tertiary/aromatic N) is 1. The van der Waals surface area contributed by atoms with Crippen molar-refractivity contribution in [2.75, 3.05) is 39.9 Å². The van der Waals surface area contributed by atoms with E-state index in [1.807, 2.05) is 6.08 Å². The molecule has 0 spiro atoms. The molecule has 0 N–H and O–H groups in total. The van der Waals surface area contributed by atoms with E-state index < -0.39 is 0 Å². The lowest BCUT2D eigenvalue weighted by Gasteiger charge is -2.33. The molecule has 0 radical (unpaired) electrons. The van der Waals surface area contributed by atoms with Crippen molar-refractivity contribution in [1.29, 1.82) is 0 Å². The number of hydrogen-bond acceptors (Lipinski definition) is 4. The SMILES string of the molecule is C=CC[N+](C)(CCOC(=O)CCCCCCCCCCCCCCC)CCOC(=O)CCCCCCCCCCCCCCC. The molecule has 0 aromatic rings. The molecule has 0 aliphatic carbocycles. The molecule has 0 aliphatic heterocycles. The number of ether oxygens (including phenoxy) is 2. The van der Waals surface area contributed by atoms with Crippen LogP contribution < -0.4 is 0 Å². The molecule has 0 rings (SSSR count). The highest BCUT2D eigenvalue weighted by Gasteiger charge is 2.21. The van der Waals surface area contributed by atoms with E-state index in [9.17, 15) is 9.59 Å². The molecule has 0 aromatic carbocycles. The minimum absolute atomic E-state index is 0.0903. The number of rotatable bonds is 36. The fourth-order valence-electron chi connectivity index (χ4n) is 6.08. The van der Waals surface area contributed by atoms with Crippen molar-refractivity contribution in [1.82, 2.24) is 0 Å². The Morgan fingerprint density at radius 2 is 0.756 bits per heavy atom. The first kappa shape index (κ1) is 43.6. The lowest BCUT2D eigenvalue weighted by atomic mass is 10.0. The summed E-state index contributed by atoms with van der Waals surface area (Å²) in [7, 11) is 2.11. The molecule has 0 aliphatic rings. The Morgan fingerprint density at radius 3 is 1.02 bits per heavy atom. The number of esters is 2. The van der Waals surface area contributed by atoms with E-state index in [1.54, 1.807) is 0 Å². The van der Waals surface area contributed by atoms with Crippen molar-refractivity contribution in [3.8, 4) is 0 Å². The van der Waals surface area contributed by atoms with Crippen LogP contribution in [0.3, 0.4) is 0 Å². The van der Waals surface area contributed by atoms with Crippen LogP contribution in [0.5, 0.6) is 0 Å². The van der Waals surface area contributed by atoms with Gasteiger partial charge in [0.25, 0.3) is 0 Å². The molecule has 0 saturated carbocycles. The van der Waals surface area contributed by atoms with Gasteiger partial charge in [-0.3, -0.25) is 9.59 Å². The zero-order valence-electron chi connectivity index (χ0n) is 30.7. The molecule has 0 unspecified atom stereocenters. The Morgan fingerprint density at radius 1 is 0.489 bits per heavy atom. The fourth-order valence-corrected chi connectivity index (χ4v) is 6.08. The minimum Gasteiger partial charge on any atom is -0.460 e. The second-order valence-corrected chi connectivity index (χ2v) is 14.0. The predicted octanol–water partition coefficient (Wildman–Crippen LogP) is 11.7. The Labute approximate surface area is 281 Å². The van der Waals surface area contributed by atoms with Gasteiger partial charge in [0.1, 0.15) is 26.3 Å². The van der Waals surface area contributed by atoms with Crippen LogP contribution in [0.1, 0.15) is 194 Å². The van der Waals surface area contributed by atoms with Crippen LogP contribution in [0.15, 0.2) is 12.7 Å². The molecule has 266 valence electrons. The lowest BCUT2D eigenvalue weighted by Crippen LogP contribution is -2.49.